The number of carbonyl (C=O) groups is 1. The van der Waals surface area contributed by atoms with Crippen LogP contribution in [0.1, 0.15) is 27.3 Å². The van der Waals surface area contributed by atoms with Crippen LogP contribution in [-0.4, -0.2) is 35.0 Å². The van der Waals surface area contributed by atoms with Crippen LogP contribution in [0, 0.1) is 11.6 Å². The molecule has 7 nitrogen and oxygen atoms in total. The first-order valence-electron chi connectivity index (χ1n) is 9.59. The number of fused-ring (bicyclic) bond motifs is 1. The van der Waals surface area contributed by atoms with Crippen molar-refractivity contribution in [2.45, 2.75) is 24.4 Å². The van der Waals surface area contributed by atoms with E-state index in [4.69, 9.17) is 0 Å². The van der Waals surface area contributed by atoms with Crippen molar-refractivity contribution in [1.29, 1.82) is 0 Å². The highest BCUT2D eigenvalue weighted by atomic mass is 32.2. The Hall–Kier alpha value is -3.11. The quantitative estimate of drug-likeness (QED) is 0.652. The number of aryl methyl sites for hydroxylation is 1. The Kier molecular flexibility index (Phi) is 5.59. The second-order valence-corrected chi connectivity index (χ2v) is 9.19. The molecule has 1 N–H and O–H groups in total. The summed E-state index contributed by atoms with van der Waals surface area (Å²) in [5.74, 6) is -1.33. The molecule has 162 valence electrons. The monoisotopic (exact) mass is 446 g/mol. The minimum Gasteiger partial charge on any atom is -0.347 e. The first kappa shape index (κ1) is 21.1. The Morgan fingerprint density at radius 1 is 1.06 bits per heavy atom. The van der Waals surface area contributed by atoms with Crippen LogP contribution in [0.3, 0.4) is 0 Å². The zero-order valence-electron chi connectivity index (χ0n) is 16.7. The number of carbonyl (C=O) groups excluding carboxylic acids is 1. The number of halogens is 2. The van der Waals surface area contributed by atoms with Gasteiger partial charge in [0.05, 0.1) is 4.90 Å². The fourth-order valence-electron chi connectivity index (χ4n) is 3.58. The molecule has 1 aliphatic rings. The third-order valence-electron chi connectivity index (χ3n) is 5.24. The number of nitrogens with one attached hydrogen (secondary N) is 1. The maximum absolute atomic E-state index is 13.2. The Morgan fingerprint density at radius 2 is 1.68 bits per heavy atom. The van der Waals surface area contributed by atoms with Crippen LogP contribution in [0.15, 0.2) is 53.4 Å². The molecule has 0 bridgehead atoms. The molecule has 0 saturated heterocycles. The fraction of sp³-hybridized carbons (Fsp3) is 0.238. The van der Waals surface area contributed by atoms with Crippen molar-refractivity contribution in [1.82, 2.24) is 19.4 Å². The highest BCUT2D eigenvalue weighted by Gasteiger charge is 2.33. The Morgan fingerprint density at radius 3 is 2.32 bits per heavy atom. The van der Waals surface area contributed by atoms with E-state index in [2.05, 4.69) is 10.4 Å². The third-order valence-corrected chi connectivity index (χ3v) is 7.10. The molecule has 0 saturated carbocycles. The number of benzene rings is 2. The van der Waals surface area contributed by atoms with Crippen molar-refractivity contribution in [3.63, 3.8) is 0 Å². The van der Waals surface area contributed by atoms with Gasteiger partial charge in [-0.15, -0.1) is 0 Å². The minimum atomic E-state index is -3.85. The molecule has 0 spiro atoms. The van der Waals surface area contributed by atoms with Gasteiger partial charge >= 0.3 is 0 Å². The number of hydrogen-bond acceptors (Lipinski definition) is 4. The molecule has 10 heteroatoms. The Balaban J connectivity index is 1.55. The SMILES string of the molecule is Cn1nc(C(=O)NCc2ccc(F)cc2)c2c1CCN(S(=O)(=O)c1ccc(F)cc1)C2. The summed E-state index contributed by atoms with van der Waals surface area (Å²) < 4.78 is 55.0. The van der Waals surface area contributed by atoms with E-state index in [1.165, 1.54) is 28.6 Å². The molecule has 1 aliphatic heterocycles. The summed E-state index contributed by atoms with van der Waals surface area (Å²) in [6, 6.07) is 10.4. The molecule has 0 fully saturated rings. The van der Waals surface area contributed by atoms with Gasteiger partial charge in [-0.2, -0.15) is 9.40 Å². The second-order valence-electron chi connectivity index (χ2n) is 7.25. The van der Waals surface area contributed by atoms with Crippen LogP contribution in [0.5, 0.6) is 0 Å². The molecule has 0 unspecified atom stereocenters. The van der Waals surface area contributed by atoms with Gasteiger partial charge in [-0.1, -0.05) is 12.1 Å². The number of aromatic nitrogens is 2. The van der Waals surface area contributed by atoms with E-state index in [0.29, 0.717) is 12.0 Å². The van der Waals surface area contributed by atoms with E-state index < -0.39 is 21.7 Å². The van der Waals surface area contributed by atoms with Crippen molar-refractivity contribution in [2.75, 3.05) is 6.54 Å². The molecule has 0 radical (unpaired) electrons. The summed E-state index contributed by atoms with van der Waals surface area (Å²) in [5, 5.41) is 7.04. The highest BCUT2D eigenvalue weighted by Crippen LogP contribution is 2.27. The van der Waals surface area contributed by atoms with Gasteiger partial charge in [0.2, 0.25) is 10.0 Å². The molecular weight excluding hydrogens is 426 g/mol. The molecule has 1 aromatic heterocycles. The number of hydrogen-bond donors (Lipinski definition) is 1. The Labute approximate surface area is 178 Å². The average Bonchev–Trinajstić information content (AvgIpc) is 3.09. The second kappa shape index (κ2) is 8.20. The predicted octanol–water partition coefficient (Wildman–Crippen LogP) is 2.38. The van der Waals surface area contributed by atoms with Crippen LogP contribution < -0.4 is 5.32 Å². The van der Waals surface area contributed by atoms with Crippen LogP contribution in [0.2, 0.25) is 0 Å². The summed E-state index contributed by atoms with van der Waals surface area (Å²) in [4.78, 5) is 12.8. The standard InChI is InChI=1S/C21H20F2N4O3S/c1-26-19-10-11-27(31(29,30)17-8-6-16(23)7-9-17)13-18(19)20(25-26)21(28)24-12-14-2-4-15(22)5-3-14/h2-9H,10-13H2,1H3,(H,24,28). The van der Waals surface area contributed by atoms with Crippen LogP contribution in [0.25, 0.3) is 0 Å². The van der Waals surface area contributed by atoms with Crippen molar-refractivity contribution in [3.05, 3.63) is 82.7 Å². The highest BCUT2D eigenvalue weighted by molar-refractivity contribution is 7.89. The fourth-order valence-corrected chi connectivity index (χ4v) is 4.99. The molecule has 2 aromatic carbocycles. The molecule has 31 heavy (non-hydrogen) atoms. The van der Waals surface area contributed by atoms with Crippen molar-refractivity contribution >= 4 is 15.9 Å². The molecule has 0 atom stereocenters. The predicted molar refractivity (Wildman–Crippen MR) is 108 cm³/mol. The lowest BCUT2D eigenvalue weighted by Gasteiger charge is -2.26. The van der Waals surface area contributed by atoms with Crippen LogP contribution in [0.4, 0.5) is 8.78 Å². The van der Waals surface area contributed by atoms with Gasteiger partial charge in [-0.05, 0) is 42.0 Å². The third kappa shape index (κ3) is 4.21. The van der Waals surface area contributed by atoms with Gasteiger partial charge in [-0.3, -0.25) is 9.48 Å². The topological polar surface area (TPSA) is 84.3 Å². The number of nitrogens with zero attached hydrogens (tertiary/aromatic N) is 3. The zero-order chi connectivity index (χ0) is 22.2. The molecular formula is C21H20F2N4O3S. The van der Waals surface area contributed by atoms with Gasteiger partial charge in [0.1, 0.15) is 11.6 Å². The van der Waals surface area contributed by atoms with Gasteiger partial charge in [0.25, 0.3) is 5.91 Å². The van der Waals surface area contributed by atoms with E-state index in [-0.39, 0.29) is 36.0 Å². The van der Waals surface area contributed by atoms with Gasteiger partial charge in [0, 0.05) is 44.4 Å². The van der Waals surface area contributed by atoms with Gasteiger partial charge in [-0.25, -0.2) is 17.2 Å². The van der Waals surface area contributed by atoms with Crippen LogP contribution in [-0.2, 0) is 36.6 Å². The summed E-state index contributed by atoms with van der Waals surface area (Å²) in [6.07, 6.45) is 0.393. The lowest BCUT2D eigenvalue weighted by atomic mass is 10.1. The molecule has 1 amide bonds. The average molecular weight is 446 g/mol. The first-order valence-corrected chi connectivity index (χ1v) is 11.0. The first-order chi connectivity index (χ1) is 14.8. The lowest BCUT2D eigenvalue weighted by molar-refractivity contribution is 0.0943. The van der Waals surface area contributed by atoms with Crippen molar-refractivity contribution < 1.29 is 22.0 Å². The molecule has 3 aromatic rings. The summed E-state index contributed by atoms with van der Waals surface area (Å²) in [7, 11) is -2.14. The molecule has 2 heterocycles. The van der Waals surface area contributed by atoms with E-state index in [1.807, 2.05) is 0 Å². The van der Waals surface area contributed by atoms with Gasteiger partial charge < -0.3 is 5.32 Å². The van der Waals surface area contributed by atoms with Crippen molar-refractivity contribution in [2.24, 2.45) is 7.05 Å². The largest absolute Gasteiger partial charge is 0.347 e. The van der Waals surface area contributed by atoms with E-state index in [1.54, 1.807) is 23.9 Å². The van der Waals surface area contributed by atoms with Crippen molar-refractivity contribution in [3.8, 4) is 0 Å². The van der Waals surface area contributed by atoms with E-state index >= 15 is 0 Å². The van der Waals surface area contributed by atoms with E-state index in [9.17, 15) is 22.0 Å². The van der Waals surface area contributed by atoms with E-state index in [0.717, 1.165) is 23.4 Å². The lowest BCUT2D eigenvalue weighted by Crippen LogP contribution is -2.37. The maximum atomic E-state index is 13.2. The number of sulfonamides is 1. The Bertz CT molecular complexity index is 1220. The normalized spacial score (nSPS) is 14.3. The smallest absolute Gasteiger partial charge is 0.272 e. The number of amides is 1. The maximum Gasteiger partial charge on any atom is 0.272 e. The summed E-state index contributed by atoms with van der Waals surface area (Å²) in [5.41, 5.74) is 2.20. The minimum absolute atomic E-state index is 0.0106. The van der Waals surface area contributed by atoms with Gasteiger partial charge in [0.15, 0.2) is 5.69 Å². The summed E-state index contributed by atoms with van der Waals surface area (Å²) in [6.45, 7) is 0.396. The van der Waals surface area contributed by atoms with Crippen LogP contribution >= 0.6 is 0 Å². The molecule has 0 aliphatic carbocycles. The zero-order valence-corrected chi connectivity index (χ0v) is 17.5. The summed E-state index contributed by atoms with van der Waals surface area (Å²) >= 11 is 0. The molecule has 4 rings (SSSR count). The number of rotatable bonds is 5.